The second-order valence-corrected chi connectivity index (χ2v) is 10.9. The molecule has 2 N–H and O–H groups in total. The number of phenolic OH excluding ortho intramolecular Hbond substituents is 1. The van der Waals surface area contributed by atoms with Crippen molar-refractivity contribution < 1.29 is 52.4 Å². The molecule has 0 aliphatic rings. The molecule has 6 nitrogen and oxygen atoms in total. The van der Waals surface area contributed by atoms with E-state index in [4.69, 9.17) is 0 Å². The number of benzene rings is 2. The first kappa shape index (κ1) is 27.7. The summed E-state index contributed by atoms with van der Waals surface area (Å²) in [6.45, 7) is 12.2. The molecular weight excluding hydrogens is 425 g/mol. The minimum atomic E-state index is -4.58. The van der Waals surface area contributed by atoms with Crippen LogP contribution in [-0.2, 0) is 32.2 Å². The zero-order valence-electron chi connectivity index (χ0n) is 19.4. The van der Waals surface area contributed by atoms with Crippen molar-refractivity contribution in [3.63, 3.8) is 0 Å². The molecule has 2 aromatic rings. The van der Waals surface area contributed by atoms with E-state index in [0.29, 0.717) is 12.2 Å². The first-order valence-electron chi connectivity index (χ1n) is 9.82. The van der Waals surface area contributed by atoms with Crippen LogP contribution in [0.3, 0.4) is 0 Å². The van der Waals surface area contributed by atoms with E-state index >= 15 is 0 Å². The van der Waals surface area contributed by atoms with Crippen LogP contribution in [0.15, 0.2) is 41.3 Å². The van der Waals surface area contributed by atoms with Crippen LogP contribution in [0.25, 0.3) is 0 Å². The number of rotatable bonds is 5. The molecule has 164 valence electrons. The number of aromatic hydroxyl groups is 1. The van der Waals surface area contributed by atoms with Gasteiger partial charge in [-0.15, -0.1) is 0 Å². The van der Waals surface area contributed by atoms with Gasteiger partial charge in [0.15, 0.2) is 0 Å². The van der Waals surface area contributed by atoms with Crippen molar-refractivity contribution in [1.82, 2.24) is 0 Å². The largest absolute Gasteiger partial charge is 1.00 e. The SMILES string of the molecule is CC(C)(C)c1cc(CCC(=O)Nc2cccc(S(=O)(=O)[O-])c2)cc(C(C)(C)C)c1O.[Na+]. The van der Waals surface area contributed by atoms with Crippen LogP contribution in [0.5, 0.6) is 5.75 Å². The van der Waals surface area contributed by atoms with Crippen LogP contribution >= 0.6 is 0 Å². The fraction of sp³-hybridized carbons (Fsp3) is 0.435. The van der Waals surface area contributed by atoms with Gasteiger partial charge in [0, 0.05) is 12.1 Å². The zero-order valence-corrected chi connectivity index (χ0v) is 22.2. The molecule has 0 radical (unpaired) electrons. The number of aryl methyl sites for hydroxylation is 1. The molecule has 8 heteroatoms. The van der Waals surface area contributed by atoms with Crippen LogP contribution < -0.4 is 34.9 Å². The second kappa shape index (κ2) is 10.0. The minimum Gasteiger partial charge on any atom is -0.744 e. The first-order valence-corrected chi connectivity index (χ1v) is 11.2. The van der Waals surface area contributed by atoms with Gasteiger partial charge >= 0.3 is 29.6 Å². The van der Waals surface area contributed by atoms with Crippen molar-refractivity contribution in [3.8, 4) is 5.75 Å². The third-order valence-electron chi connectivity index (χ3n) is 4.83. The topological polar surface area (TPSA) is 107 Å². The Kier molecular flexibility index (Phi) is 8.96. The molecule has 0 saturated carbocycles. The molecule has 0 aromatic heterocycles. The van der Waals surface area contributed by atoms with Crippen molar-refractivity contribution in [2.75, 3.05) is 5.32 Å². The van der Waals surface area contributed by atoms with Gasteiger partial charge < -0.3 is 15.0 Å². The van der Waals surface area contributed by atoms with Crippen LogP contribution in [-0.4, -0.2) is 24.0 Å². The van der Waals surface area contributed by atoms with E-state index < -0.39 is 10.1 Å². The molecule has 0 aliphatic carbocycles. The van der Waals surface area contributed by atoms with Gasteiger partial charge in [-0.2, -0.15) is 0 Å². The maximum atomic E-state index is 12.4. The fourth-order valence-corrected chi connectivity index (χ4v) is 3.71. The Morgan fingerprint density at radius 1 is 1.00 bits per heavy atom. The molecule has 2 rings (SSSR count). The minimum absolute atomic E-state index is 0. The van der Waals surface area contributed by atoms with Gasteiger partial charge in [-0.25, -0.2) is 8.42 Å². The summed E-state index contributed by atoms with van der Waals surface area (Å²) in [5.41, 5.74) is 2.35. The summed E-state index contributed by atoms with van der Waals surface area (Å²) in [6, 6.07) is 9.14. The van der Waals surface area contributed by atoms with Crippen molar-refractivity contribution in [3.05, 3.63) is 53.1 Å². The van der Waals surface area contributed by atoms with Crippen LogP contribution in [0.4, 0.5) is 5.69 Å². The average molecular weight is 456 g/mol. The maximum absolute atomic E-state index is 12.4. The van der Waals surface area contributed by atoms with Crippen molar-refractivity contribution in [1.29, 1.82) is 0 Å². The molecule has 0 unspecified atom stereocenters. The standard InChI is InChI=1S/C23H31NO5S.Na/c1-22(2,3)18-12-15(13-19(21(18)26)23(4,5)6)10-11-20(25)24-16-8-7-9-17(14-16)30(27,28)29;/h7-9,12-14,26H,10-11H2,1-6H3,(H,24,25)(H,27,28,29);/q;+1/p-1. The quantitative estimate of drug-likeness (QED) is 0.525. The second-order valence-electron chi connectivity index (χ2n) is 9.57. The number of hydrogen-bond acceptors (Lipinski definition) is 5. The summed E-state index contributed by atoms with van der Waals surface area (Å²) in [5.74, 6) is -0.00280. The number of nitrogens with one attached hydrogen (secondary N) is 1. The van der Waals surface area contributed by atoms with E-state index in [0.717, 1.165) is 22.8 Å². The normalized spacial score (nSPS) is 12.2. The van der Waals surface area contributed by atoms with Crippen LogP contribution in [0, 0.1) is 0 Å². The van der Waals surface area contributed by atoms with E-state index in [1.54, 1.807) is 0 Å². The molecule has 0 heterocycles. The molecule has 0 aliphatic heterocycles. The molecule has 0 spiro atoms. The van der Waals surface area contributed by atoms with E-state index in [-0.39, 0.29) is 63.3 Å². The Morgan fingerprint density at radius 3 is 1.97 bits per heavy atom. The van der Waals surface area contributed by atoms with Gasteiger partial charge in [-0.3, -0.25) is 4.79 Å². The van der Waals surface area contributed by atoms with Crippen molar-refractivity contribution in [2.45, 2.75) is 70.1 Å². The number of amides is 1. The fourth-order valence-electron chi connectivity index (χ4n) is 3.19. The summed E-state index contributed by atoms with van der Waals surface area (Å²) in [7, 11) is -4.58. The first-order chi connectivity index (χ1) is 13.6. The van der Waals surface area contributed by atoms with E-state index in [1.165, 1.54) is 18.2 Å². The Labute approximate surface area is 207 Å². The molecular formula is C23H30NNaO5S. The van der Waals surface area contributed by atoms with E-state index in [2.05, 4.69) is 5.32 Å². The summed E-state index contributed by atoms with van der Waals surface area (Å²) < 4.78 is 33.4. The molecule has 0 saturated heterocycles. The van der Waals surface area contributed by atoms with Gasteiger partial charge in [0.1, 0.15) is 15.9 Å². The number of carbonyl (C=O) groups is 1. The maximum Gasteiger partial charge on any atom is 1.00 e. The summed E-state index contributed by atoms with van der Waals surface area (Å²) >= 11 is 0. The Hall–Kier alpha value is -1.38. The molecule has 0 fully saturated rings. The third-order valence-corrected chi connectivity index (χ3v) is 5.66. The van der Waals surface area contributed by atoms with Gasteiger partial charge in [0.25, 0.3) is 0 Å². The third kappa shape index (κ3) is 7.61. The molecule has 31 heavy (non-hydrogen) atoms. The van der Waals surface area contributed by atoms with E-state index in [9.17, 15) is 22.9 Å². The number of carbonyl (C=O) groups excluding carboxylic acids is 1. The summed E-state index contributed by atoms with van der Waals surface area (Å²) in [6.07, 6.45) is 0.629. The smallest absolute Gasteiger partial charge is 0.744 e. The van der Waals surface area contributed by atoms with Gasteiger partial charge in [-0.05, 0) is 52.1 Å². The van der Waals surface area contributed by atoms with Gasteiger partial charge in [0.2, 0.25) is 5.91 Å². The van der Waals surface area contributed by atoms with Crippen molar-refractivity contribution >= 4 is 21.7 Å². The molecule has 0 bridgehead atoms. The monoisotopic (exact) mass is 455 g/mol. The number of phenols is 1. The molecule has 2 aromatic carbocycles. The molecule has 0 atom stereocenters. The van der Waals surface area contributed by atoms with Crippen LogP contribution in [0.1, 0.15) is 64.7 Å². The van der Waals surface area contributed by atoms with E-state index in [1.807, 2.05) is 53.7 Å². The summed E-state index contributed by atoms with van der Waals surface area (Å²) in [5, 5.41) is 13.4. The number of anilines is 1. The van der Waals surface area contributed by atoms with Gasteiger partial charge in [-0.1, -0.05) is 59.7 Å². The van der Waals surface area contributed by atoms with Gasteiger partial charge in [0.05, 0.1) is 4.90 Å². The predicted molar refractivity (Wildman–Crippen MR) is 117 cm³/mol. The Bertz CT molecular complexity index is 1020. The van der Waals surface area contributed by atoms with Crippen LogP contribution in [0.2, 0.25) is 0 Å². The summed E-state index contributed by atoms with van der Waals surface area (Å²) in [4.78, 5) is 12.0. The molecule has 1 amide bonds. The van der Waals surface area contributed by atoms with Crippen molar-refractivity contribution in [2.24, 2.45) is 0 Å². The predicted octanol–water partition coefficient (Wildman–Crippen LogP) is 1.47. The average Bonchev–Trinajstić information content (AvgIpc) is 2.58. The Balaban J connectivity index is 0.00000480. The number of hydrogen-bond donors (Lipinski definition) is 2. The Morgan fingerprint density at radius 2 is 1.52 bits per heavy atom. The zero-order chi connectivity index (χ0) is 22.9.